The number of ether oxygens (including phenoxy) is 1. The van der Waals surface area contributed by atoms with Crippen molar-refractivity contribution in [3.05, 3.63) is 54.1 Å². The number of hydrazine groups is 2. The first-order chi connectivity index (χ1) is 9.31. The minimum Gasteiger partial charge on any atom is -0.473 e. The Hall–Kier alpha value is -1.88. The molecule has 19 heavy (non-hydrogen) atoms. The van der Waals surface area contributed by atoms with Gasteiger partial charge >= 0.3 is 0 Å². The summed E-state index contributed by atoms with van der Waals surface area (Å²) >= 11 is 0. The van der Waals surface area contributed by atoms with E-state index in [2.05, 4.69) is 59.7 Å². The standard InChI is InChI=1S/C15H17N3O/c1-11-2-4-12(5-3-11)13-6-8-14(9-7-13)19-15-10-16-18-17-15/h2-9,15-18H,10H2,1H3. The van der Waals surface area contributed by atoms with Crippen LogP contribution in [0.5, 0.6) is 5.75 Å². The minimum atomic E-state index is -0.0368. The van der Waals surface area contributed by atoms with Crippen molar-refractivity contribution in [3.63, 3.8) is 0 Å². The van der Waals surface area contributed by atoms with Gasteiger partial charge in [-0.15, -0.1) is 0 Å². The molecule has 0 saturated carbocycles. The molecule has 1 atom stereocenters. The van der Waals surface area contributed by atoms with Crippen molar-refractivity contribution < 1.29 is 4.74 Å². The molecule has 1 unspecified atom stereocenters. The highest BCUT2D eigenvalue weighted by Crippen LogP contribution is 2.23. The molecule has 1 heterocycles. The number of aryl methyl sites for hydroxylation is 1. The lowest BCUT2D eigenvalue weighted by Crippen LogP contribution is -2.36. The monoisotopic (exact) mass is 255 g/mol. The molecule has 0 amide bonds. The topological polar surface area (TPSA) is 45.3 Å². The van der Waals surface area contributed by atoms with Gasteiger partial charge in [-0.05, 0) is 30.2 Å². The second-order valence-electron chi connectivity index (χ2n) is 4.65. The summed E-state index contributed by atoms with van der Waals surface area (Å²) in [5.41, 5.74) is 12.4. The predicted molar refractivity (Wildman–Crippen MR) is 75.3 cm³/mol. The highest BCUT2D eigenvalue weighted by Gasteiger charge is 2.14. The van der Waals surface area contributed by atoms with Crippen molar-refractivity contribution in [3.8, 4) is 16.9 Å². The van der Waals surface area contributed by atoms with Gasteiger partial charge in [0.05, 0.1) is 6.54 Å². The first kappa shape index (κ1) is 12.2. The van der Waals surface area contributed by atoms with Gasteiger partial charge < -0.3 is 4.74 Å². The van der Waals surface area contributed by atoms with E-state index in [-0.39, 0.29) is 6.23 Å². The number of hydrogen-bond acceptors (Lipinski definition) is 4. The molecule has 3 rings (SSSR count). The van der Waals surface area contributed by atoms with Crippen LogP contribution in [0.25, 0.3) is 11.1 Å². The van der Waals surface area contributed by atoms with Gasteiger partial charge in [0.15, 0.2) is 6.23 Å². The third-order valence-corrected chi connectivity index (χ3v) is 3.13. The van der Waals surface area contributed by atoms with Crippen LogP contribution in [0.4, 0.5) is 0 Å². The molecular formula is C15H17N3O. The quantitative estimate of drug-likeness (QED) is 0.785. The molecule has 4 heteroatoms. The summed E-state index contributed by atoms with van der Waals surface area (Å²) in [5, 5.41) is 0. The highest BCUT2D eigenvalue weighted by atomic mass is 16.5. The van der Waals surface area contributed by atoms with E-state index >= 15 is 0 Å². The molecule has 1 aliphatic rings. The number of hydrogen-bond donors (Lipinski definition) is 3. The molecule has 0 spiro atoms. The summed E-state index contributed by atoms with van der Waals surface area (Å²) in [6.45, 7) is 2.83. The predicted octanol–water partition coefficient (Wildman–Crippen LogP) is 1.98. The fourth-order valence-corrected chi connectivity index (χ4v) is 2.03. The van der Waals surface area contributed by atoms with Crippen LogP contribution >= 0.6 is 0 Å². The number of benzene rings is 2. The van der Waals surface area contributed by atoms with Crippen LogP contribution in [0.2, 0.25) is 0 Å². The molecule has 0 aromatic heterocycles. The van der Waals surface area contributed by atoms with Crippen LogP contribution < -0.4 is 21.1 Å². The number of nitrogens with one attached hydrogen (secondary N) is 3. The lowest BCUT2D eigenvalue weighted by molar-refractivity contribution is 0.191. The molecule has 1 fully saturated rings. The maximum atomic E-state index is 5.75. The second-order valence-corrected chi connectivity index (χ2v) is 4.65. The van der Waals surface area contributed by atoms with E-state index < -0.39 is 0 Å². The first-order valence-electron chi connectivity index (χ1n) is 6.38. The third kappa shape index (κ3) is 2.93. The van der Waals surface area contributed by atoms with E-state index in [0.29, 0.717) is 0 Å². The average Bonchev–Trinajstić information content (AvgIpc) is 2.94. The minimum absolute atomic E-state index is 0.0368. The van der Waals surface area contributed by atoms with Crippen LogP contribution in [0.3, 0.4) is 0 Å². The Labute approximate surface area is 112 Å². The molecule has 1 saturated heterocycles. The van der Waals surface area contributed by atoms with Crippen molar-refractivity contribution >= 4 is 0 Å². The van der Waals surface area contributed by atoms with Crippen molar-refractivity contribution in [2.75, 3.05) is 6.54 Å². The molecule has 0 radical (unpaired) electrons. The molecule has 2 aromatic rings. The molecule has 0 aliphatic carbocycles. The normalized spacial score (nSPS) is 18.5. The Morgan fingerprint density at radius 3 is 2.16 bits per heavy atom. The van der Waals surface area contributed by atoms with Gasteiger partial charge in [-0.25, -0.2) is 10.9 Å². The summed E-state index contributed by atoms with van der Waals surface area (Å²) in [6, 6.07) is 16.7. The molecule has 0 bridgehead atoms. The van der Waals surface area contributed by atoms with E-state index in [1.807, 2.05) is 12.1 Å². The smallest absolute Gasteiger partial charge is 0.177 e. The summed E-state index contributed by atoms with van der Waals surface area (Å²) < 4.78 is 5.75. The molecule has 98 valence electrons. The average molecular weight is 255 g/mol. The SMILES string of the molecule is Cc1ccc(-c2ccc(OC3CNNN3)cc2)cc1. The van der Waals surface area contributed by atoms with Crippen LogP contribution in [0.1, 0.15) is 5.56 Å². The van der Waals surface area contributed by atoms with E-state index in [0.717, 1.165) is 12.3 Å². The van der Waals surface area contributed by atoms with Gasteiger partial charge in [0.25, 0.3) is 0 Å². The van der Waals surface area contributed by atoms with Crippen molar-refractivity contribution in [1.82, 2.24) is 16.4 Å². The van der Waals surface area contributed by atoms with E-state index in [4.69, 9.17) is 4.74 Å². The van der Waals surface area contributed by atoms with Crippen molar-refractivity contribution in [2.45, 2.75) is 13.2 Å². The van der Waals surface area contributed by atoms with Crippen LogP contribution in [0.15, 0.2) is 48.5 Å². The molecule has 3 N–H and O–H groups in total. The Balaban J connectivity index is 1.72. The zero-order valence-corrected chi connectivity index (χ0v) is 10.8. The van der Waals surface area contributed by atoms with E-state index in [1.54, 1.807) is 0 Å². The molecule has 1 aliphatic heterocycles. The van der Waals surface area contributed by atoms with Crippen LogP contribution in [-0.4, -0.2) is 12.8 Å². The van der Waals surface area contributed by atoms with Crippen LogP contribution in [0, 0.1) is 6.92 Å². The van der Waals surface area contributed by atoms with Gasteiger partial charge in [-0.3, -0.25) is 0 Å². The van der Waals surface area contributed by atoms with Gasteiger partial charge in [-0.1, -0.05) is 42.0 Å². The van der Waals surface area contributed by atoms with E-state index in [1.165, 1.54) is 16.7 Å². The first-order valence-corrected chi connectivity index (χ1v) is 6.38. The van der Waals surface area contributed by atoms with Gasteiger partial charge in [0.2, 0.25) is 0 Å². The van der Waals surface area contributed by atoms with Crippen molar-refractivity contribution in [2.24, 2.45) is 0 Å². The summed E-state index contributed by atoms with van der Waals surface area (Å²) in [7, 11) is 0. The summed E-state index contributed by atoms with van der Waals surface area (Å²) in [6.07, 6.45) is -0.0368. The fourth-order valence-electron chi connectivity index (χ4n) is 2.03. The fraction of sp³-hybridized carbons (Fsp3) is 0.200. The van der Waals surface area contributed by atoms with E-state index in [9.17, 15) is 0 Å². The molecule has 4 nitrogen and oxygen atoms in total. The number of rotatable bonds is 3. The maximum Gasteiger partial charge on any atom is 0.177 e. The Morgan fingerprint density at radius 1 is 0.947 bits per heavy atom. The van der Waals surface area contributed by atoms with Crippen molar-refractivity contribution in [1.29, 1.82) is 0 Å². The zero-order chi connectivity index (χ0) is 13.1. The van der Waals surface area contributed by atoms with Gasteiger partial charge in [0, 0.05) is 0 Å². The second kappa shape index (κ2) is 5.40. The molecular weight excluding hydrogens is 238 g/mol. The lowest BCUT2D eigenvalue weighted by atomic mass is 10.0. The Bertz CT molecular complexity index is 530. The largest absolute Gasteiger partial charge is 0.473 e. The summed E-state index contributed by atoms with van der Waals surface area (Å²) in [4.78, 5) is 0. The van der Waals surface area contributed by atoms with Crippen LogP contribution in [-0.2, 0) is 0 Å². The Morgan fingerprint density at radius 2 is 1.58 bits per heavy atom. The molecule has 2 aromatic carbocycles. The third-order valence-electron chi connectivity index (χ3n) is 3.13. The van der Waals surface area contributed by atoms with Gasteiger partial charge in [0.1, 0.15) is 5.75 Å². The van der Waals surface area contributed by atoms with Gasteiger partial charge in [-0.2, -0.15) is 5.53 Å². The zero-order valence-electron chi connectivity index (χ0n) is 10.8. The summed E-state index contributed by atoms with van der Waals surface area (Å²) in [5.74, 6) is 0.860. The maximum absolute atomic E-state index is 5.75. The highest BCUT2D eigenvalue weighted by molar-refractivity contribution is 5.64. The lowest BCUT2D eigenvalue weighted by Gasteiger charge is -2.12. The Kier molecular flexibility index (Phi) is 3.46.